The summed E-state index contributed by atoms with van der Waals surface area (Å²) in [5, 5.41) is 4.00. The largest absolute Gasteiger partial charge is 0.457 e. The molecule has 0 aliphatic carbocycles. The molecule has 206 valence electrons. The number of hydrogen-bond acceptors (Lipinski definition) is 5. The molecule has 5 rings (SSSR count). The monoisotopic (exact) mass is 595 g/mol. The fourth-order valence-corrected chi connectivity index (χ4v) is 6.34. The number of rotatable bonds is 7. The van der Waals surface area contributed by atoms with Gasteiger partial charge in [0.1, 0.15) is 11.5 Å². The highest BCUT2D eigenvalue weighted by Gasteiger charge is 2.30. The fourth-order valence-electron chi connectivity index (χ4n) is 4.49. The summed E-state index contributed by atoms with van der Waals surface area (Å²) in [6, 6.07) is 23.0. The van der Waals surface area contributed by atoms with Crippen molar-refractivity contribution in [1.82, 2.24) is 4.31 Å². The summed E-state index contributed by atoms with van der Waals surface area (Å²) in [5.41, 5.74) is 3.07. The van der Waals surface area contributed by atoms with Crippen LogP contribution in [0.5, 0.6) is 0 Å². The molecule has 1 aliphatic heterocycles. The summed E-state index contributed by atoms with van der Waals surface area (Å²) in [4.78, 5) is 15.1. The predicted octanol–water partition coefficient (Wildman–Crippen LogP) is 6.72. The number of sulfonamides is 1. The summed E-state index contributed by atoms with van der Waals surface area (Å²) in [6.45, 7) is 3.35. The Morgan fingerprint density at radius 2 is 1.60 bits per heavy atom. The van der Waals surface area contributed by atoms with Gasteiger partial charge in [0.25, 0.3) is 0 Å². The van der Waals surface area contributed by atoms with Crippen molar-refractivity contribution in [3.05, 3.63) is 106 Å². The Morgan fingerprint density at radius 3 is 2.30 bits per heavy atom. The highest BCUT2D eigenvalue weighted by Crippen LogP contribution is 2.35. The SMILES string of the molecule is Cc1ccc(S(=O)(=O)N2CCN(c3c(Cl)cccc3NC(=O)/C=C/c3ccc(-c4ccc(Cl)cc4)o3)CC2)cc1. The molecule has 0 spiro atoms. The second-order valence-electron chi connectivity index (χ2n) is 9.37. The maximum absolute atomic E-state index is 13.1. The second kappa shape index (κ2) is 11.9. The molecule has 2 heterocycles. The number of piperazine rings is 1. The van der Waals surface area contributed by atoms with E-state index in [0.717, 1.165) is 11.1 Å². The number of amides is 1. The molecule has 3 aromatic carbocycles. The van der Waals surface area contributed by atoms with E-state index in [1.807, 2.05) is 30.0 Å². The van der Waals surface area contributed by atoms with Crippen LogP contribution >= 0.6 is 23.2 Å². The Balaban J connectivity index is 1.25. The average molecular weight is 597 g/mol. The molecule has 0 radical (unpaired) electrons. The number of nitrogens with zero attached hydrogens (tertiary/aromatic N) is 2. The number of aryl methyl sites for hydroxylation is 1. The van der Waals surface area contributed by atoms with Crippen molar-refractivity contribution < 1.29 is 17.6 Å². The minimum Gasteiger partial charge on any atom is -0.457 e. The summed E-state index contributed by atoms with van der Waals surface area (Å²) in [5.74, 6) is 0.836. The summed E-state index contributed by atoms with van der Waals surface area (Å²) >= 11 is 12.5. The lowest BCUT2D eigenvalue weighted by Gasteiger charge is -2.36. The first-order valence-corrected chi connectivity index (χ1v) is 14.9. The van der Waals surface area contributed by atoms with E-state index >= 15 is 0 Å². The van der Waals surface area contributed by atoms with Crippen molar-refractivity contribution in [2.24, 2.45) is 0 Å². The van der Waals surface area contributed by atoms with Crippen LogP contribution in [-0.4, -0.2) is 44.8 Å². The number of carbonyl (C=O) groups is 1. The van der Waals surface area contributed by atoms with Gasteiger partial charge in [0.2, 0.25) is 15.9 Å². The number of halogens is 2. The van der Waals surface area contributed by atoms with Gasteiger partial charge in [0.05, 0.1) is 21.3 Å². The Labute approximate surface area is 243 Å². The highest BCUT2D eigenvalue weighted by atomic mass is 35.5. The minimum absolute atomic E-state index is 0.279. The van der Waals surface area contributed by atoms with Gasteiger partial charge in [-0.1, -0.05) is 47.0 Å². The molecule has 1 saturated heterocycles. The fraction of sp³-hybridized carbons (Fsp3) is 0.167. The van der Waals surface area contributed by atoms with Crippen LogP contribution in [0.3, 0.4) is 0 Å². The zero-order valence-corrected chi connectivity index (χ0v) is 24.0. The van der Waals surface area contributed by atoms with Crippen LogP contribution in [0, 0.1) is 6.92 Å². The summed E-state index contributed by atoms with van der Waals surface area (Å²) < 4.78 is 33.5. The molecule has 0 bridgehead atoms. The van der Waals surface area contributed by atoms with Crippen LogP contribution in [0.15, 0.2) is 94.3 Å². The van der Waals surface area contributed by atoms with Crippen LogP contribution < -0.4 is 10.2 Å². The van der Waals surface area contributed by atoms with Crippen molar-refractivity contribution in [2.75, 3.05) is 36.4 Å². The first-order chi connectivity index (χ1) is 19.2. The molecule has 7 nitrogen and oxygen atoms in total. The third-order valence-corrected chi connectivity index (χ3v) is 9.08. The summed E-state index contributed by atoms with van der Waals surface area (Å²) in [6.07, 6.45) is 2.98. The third kappa shape index (κ3) is 6.26. The van der Waals surface area contributed by atoms with E-state index in [4.69, 9.17) is 27.6 Å². The lowest BCUT2D eigenvalue weighted by atomic mass is 10.2. The highest BCUT2D eigenvalue weighted by molar-refractivity contribution is 7.89. The van der Waals surface area contributed by atoms with Crippen LogP contribution in [0.25, 0.3) is 17.4 Å². The number of hydrogen-bond donors (Lipinski definition) is 1. The summed E-state index contributed by atoms with van der Waals surface area (Å²) in [7, 11) is -3.60. The zero-order valence-electron chi connectivity index (χ0n) is 21.7. The minimum atomic E-state index is -3.60. The van der Waals surface area contributed by atoms with Gasteiger partial charge in [0, 0.05) is 42.8 Å². The van der Waals surface area contributed by atoms with Gasteiger partial charge in [-0.3, -0.25) is 4.79 Å². The maximum Gasteiger partial charge on any atom is 0.248 e. The van der Waals surface area contributed by atoms with Gasteiger partial charge in [-0.05, 0) is 73.7 Å². The van der Waals surface area contributed by atoms with E-state index in [1.165, 1.54) is 10.4 Å². The molecule has 0 unspecified atom stereocenters. The van der Waals surface area contributed by atoms with E-state index in [9.17, 15) is 13.2 Å². The molecule has 4 aromatic rings. The van der Waals surface area contributed by atoms with E-state index in [2.05, 4.69) is 5.32 Å². The Bertz CT molecular complexity index is 1640. The molecule has 1 N–H and O–H groups in total. The first-order valence-electron chi connectivity index (χ1n) is 12.7. The van der Waals surface area contributed by atoms with Gasteiger partial charge in [-0.25, -0.2) is 8.42 Å². The molecular weight excluding hydrogens is 569 g/mol. The molecule has 1 aromatic heterocycles. The van der Waals surface area contributed by atoms with Gasteiger partial charge in [-0.2, -0.15) is 4.31 Å². The zero-order chi connectivity index (χ0) is 28.3. The predicted molar refractivity (Wildman–Crippen MR) is 160 cm³/mol. The van der Waals surface area contributed by atoms with Gasteiger partial charge in [0.15, 0.2) is 0 Å². The number of carbonyl (C=O) groups excluding carboxylic acids is 1. The molecule has 0 saturated carbocycles. The van der Waals surface area contributed by atoms with Gasteiger partial charge < -0.3 is 14.6 Å². The van der Waals surface area contributed by atoms with Crippen molar-refractivity contribution in [2.45, 2.75) is 11.8 Å². The van der Waals surface area contributed by atoms with E-state index < -0.39 is 10.0 Å². The number of benzene rings is 3. The smallest absolute Gasteiger partial charge is 0.248 e. The van der Waals surface area contributed by atoms with E-state index in [1.54, 1.807) is 66.7 Å². The van der Waals surface area contributed by atoms with Crippen molar-refractivity contribution in [1.29, 1.82) is 0 Å². The molecular formula is C30H27Cl2N3O4S. The van der Waals surface area contributed by atoms with Crippen LogP contribution in [-0.2, 0) is 14.8 Å². The maximum atomic E-state index is 13.1. The molecule has 10 heteroatoms. The lowest BCUT2D eigenvalue weighted by Crippen LogP contribution is -2.49. The normalized spacial score (nSPS) is 14.5. The Morgan fingerprint density at radius 1 is 0.900 bits per heavy atom. The molecule has 0 atom stereocenters. The van der Waals surface area contributed by atoms with Crippen LogP contribution in [0.4, 0.5) is 11.4 Å². The topological polar surface area (TPSA) is 82.9 Å². The number of anilines is 2. The molecule has 1 aliphatic rings. The average Bonchev–Trinajstić information content (AvgIpc) is 3.42. The molecule has 40 heavy (non-hydrogen) atoms. The molecule has 1 fully saturated rings. The lowest BCUT2D eigenvalue weighted by molar-refractivity contribution is -0.111. The quantitative estimate of drug-likeness (QED) is 0.240. The van der Waals surface area contributed by atoms with E-state index in [-0.39, 0.29) is 10.8 Å². The van der Waals surface area contributed by atoms with Crippen molar-refractivity contribution in [3.8, 4) is 11.3 Å². The van der Waals surface area contributed by atoms with Crippen molar-refractivity contribution >= 4 is 56.6 Å². The Kier molecular flexibility index (Phi) is 8.32. The van der Waals surface area contributed by atoms with Gasteiger partial charge >= 0.3 is 0 Å². The first kappa shape index (κ1) is 28.0. The van der Waals surface area contributed by atoms with Gasteiger partial charge in [-0.15, -0.1) is 0 Å². The number of nitrogens with one attached hydrogen (secondary N) is 1. The number of furan rings is 1. The standard InChI is InChI=1S/C30H27Cl2N3O4S/c1-21-5-13-25(14-6-21)40(37,38)35-19-17-34(18-20-35)30-26(32)3-2-4-27(30)33-29(36)16-12-24-11-15-28(39-24)22-7-9-23(31)10-8-22/h2-16H,17-20H2,1H3,(H,33,36)/b16-12+. The second-order valence-corrected chi connectivity index (χ2v) is 12.2. The van der Waals surface area contributed by atoms with Crippen LogP contribution in [0.1, 0.15) is 11.3 Å². The van der Waals surface area contributed by atoms with Crippen LogP contribution in [0.2, 0.25) is 10.0 Å². The number of para-hydroxylation sites is 1. The van der Waals surface area contributed by atoms with E-state index in [0.29, 0.717) is 59.1 Å². The van der Waals surface area contributed by atoms with Crippen molar-refractivity contribution in [3.63, 3.8) is 0 Å². The third-order valence-electron chi connectivity index (χ3n) is 6.61. The Hall–Kier alpha value is -3.56. The molecule has 1 amide bonds.